The Morgan fingerprint density at radius 2 is 1.68 bits per heavy atom. The van der Waals surface area contributed by atoms with Gasteiger partial charge in [-0.25, -0.2) is 8.42 Å². The molecule has 0 aliphatic heterocycles. The number of hydrogen-bond acceptors (Lipinski definition) is 3. The van der Waals surface area contributed by atoms with Crippen molar-refractivity contribution < 1.29 is 8.42 Å². The topological polar surface area (TPSA) is 63.4 Å². The van der Waals surface area contributed by atoms with E-state index in [-0.39, 0.29) is 0 Å². The van der Waals surface area contributed by atoms with Gasteiger partial charge in [-0.2, -0.15) is 4.31 Å². The SMILES string of the molecule is CCCCN(CC)S(=O)(=O)c1c(C)cc(N)cc1C. The normalized spacial score (nSPS) is 12.1. The number of nitrogens with two attached hydrogens (primary N) is 1. The van der Waals surface area contributed by atoms with Gasteiger partial charge in [-0.05, 0) is 43.5 Å². The number of hydrogen-bond donors (Lipinski definition) is 1. The zero-order chi connectivity index (χ0) is 14.6. The van der Waals surface area contributed by atoms with Crippen molar-refractivity contribution in [2.45, 2.75) is 45.4 Å². The van der Waals surface area contributed by atoms with Gasteiger partial charge in [-0.3, -0.25) is 0 Å². The average molecular weight is 284 g/mol. The van der Waals surface area contributed by atoms with E-state index >= 15 is 0 Å². The maximum atomic E-state index is 12.7. The van der Waals surface area contributed by atoms with Crippen LogP contribution in [0.25, 0.3) is 0 Å². The maximum Gasteiger partial charge on any atom is 0.243 e. The second-order valence-electron chi connectivity index (χ2n) is 4.83. The van der Waals surface area contributed by atoms with E-state index in [2.05, 4.69) is 6.92 Å². The Balaban J connectivity index is 3.26. The third-order valence-corrected chi connectivity index (χ3v) is 5.47. The van der Waals surface area contributed by atoms with Crippen molar-refractivity contribution in [3.8, 4) is 0 Å². The Kier molecular flexibility index (Phi) is 5.38. The van der Waals surface area contributed by atoms with Crippen LogP contribution in [0.3, 0.4) is 0 Å². The average Bonchev–Trinajstić information content (AvgIpc) is 2.27. The summed E-state index contributed by atoms with van der Waals surface area (Å²) < 4.78 is 27.0. The van der Waals surface area contributed by atoms with Crippen molar-refractivity contribution >= 4 is 15.7 Å². The van der Waals surface area contributed by atoms with Gasteiger partial charge in [0.1, 0.15) is 0 Å². The number of nitrogens with zero attached hydrogens (tertiary/aromatic N) is 1. The Morgan fingerprint density at radius 1 is 1.16 bits per heavy atom. The molecule has 0 saturated carbocycles. The van der Waals surface area contributed by atoms with Gasteiger partial charge in [0.2, 0.25) is 10.0 Å². The minimum absolute atomic E-state index is 0.402. The highest BCUT2D eigenvalue weighted by Crippen LogP contribution is 2.26. The molecule has 0 aliphatic rings. The molecule has 0 saturated heterocycles. The summed E-state index contributed by atoms with van der Waals surface area (Å²) in [6.45, 7) is 8.58. The zero-order valence-corrected chi connectivity index (χ0v) is 13.0. The number of sulfonamides is 1. The Labute approximate surface area is 116 Å². The second kappa shape index (κ2) is 6.39. The summed E-state index contributed by atoms with van der Waals surface area (Å²) in [5, 5.41) is 0. The van der Waals surface area contributed by atoms with Crippen LogP contribution in [0.1, 0.15) is 37.8 Å². The van der Waals surface area contributed by atoms with Gasteiger partial charge in [0.25, 0.3) is 0 Å². The Bertz CT molecular complexity index is 515. The molecule has 0 unspecified atom stereocenters. The zero-order valence-electron chi connectivity index (χ0n) is 12.2. The Morgan fingerprint density at radius 3 is 2.11 bits per heavy atom. The molecule has 0 aromatic heterocycles. The highest BCUT2D eigenvalue weighted by molar-refractivity contribution is 7.89. The minimum atomic E-state index is -3.42. The summed E-state index contributed by atoms with van der Waals surface area (Å²) in [5.74, 6) is 0. The van der Waals surface area contributed by atoms with Crippen molar-refractivity contribution in [1.82, 2.24) is 4.31 Å². The molecule has 0 spiro atoms. The molecule has 108 valence electrons. The highest BCUT2D eigenvalue weighted by Gasteiger charge is 2.26. The van der Waals surface area contributed by atoms with Crippen LogP contribution in [0.2, 0.25) is 0 Å². The standard InChI is InChI=1S/C14H24N2O2S/c1-5-7-8-16(6-2)19(17,18)14-11(3)9-13(15)10-12(14)4/h9-10H,5-8,15H2,1-4H3. The summed E-state index contributed by atoms with van der Waals surface area (Å²) >= 11 is 0. The van der Waals surface area contributed by atoms with Crippen LogP contribution in [-0.2, 0) is 10.0 Å². The first-order valence-electron chi connectivity index (χ1n) is 6.71. The summed E-state index contributed by atoms with van der Waals surface area (Å²) in [7, 11) is -3.42. The fourth-order valence-corrected chi connectivity index (χ4v) is 4.20. The van der Waals surface area contributed by atoms with Crippen LogP contribution in [0.4, 0.5) is 5.69 Å². The van der Waals surface area contributed by atoms with E-state index < -0.39 is 10.0 Å². The van der Waals surface area contributed by atoms with Crippen LogP contribution in [-0.4, -0.2) is 25.8 Å². The summed E-state index contributed by atoms with van der Waals surface area (Å²) in [6, 6.07) is 3.43. The van der Waals surface area contributed by atoms with E-state index in [0.29, 0.717) is 34.8 Å². The van der Waals surface area contributed by atoms with E-state index in [4.69, 9.17) is 5.73 Å². The molecule has 5 heteroatoms. The fraction of sp³-hybridized carbons (Fsp3) is 0.571. The largest absolute Gasteiger partial charge is 0.399 e. The number of unbranched alkanes of at least 4 members (excludes halogenated alkanes) is 1. The summed E-state index contributed by atoms with van der Waals surface area (Å²) in [4.78, 5) is 0.402. The molecule has 0 aliphatic carbocycles. The molecule has 0 atom stereocenters. The summed E-state index contributed by atoms with van der Waals surface area (Å²) in [6.07, 6.45) is 1.85. The third-order valence-electron chi connectivity index (χ3n) is 3.19. The predicted octanol–water partition coefficient (Wildman–Crippen LogP) is 2.70. The molecule has 1 rings (SSSR count). The second-order valence-corrected chi connectivity index (χ2v) is 6.71. The van der Waals surface area contributed by atoms with E-state index in [9.17, 15) is 8.42 Å². The van der Waals surface area contributed by atoms with Gasteiger partial charge in [0.05, 0.1) is 4.90 Å². The molecule has 2 N–H and O–H groups in total. The summed E-state index contributed by atoms with van der Waals surface area (Å²) in [5.41, 5.74) is 7.78. The smallest absolute Gasteiger partial charge is 0.243 e. The van der Waals surface area contributed by atoms with Crippen molar-refractivity contribution in [3.05, 3.63) is 23.3 Å². The number of benzene rings is 1. The molecule has 19 heavy (non-hydrogen) atoms. The van der Waals surface area contributed by atoms with Gasteiger partial charge in [-0.1, -0.05) is 20.3 Å². The monoisotopic (exact) mass is 284 g/mol. The van der Waals surface area contributed by atoms with Gasteiger partial charge in [0, 0.05) is 18.8 Å². The Hall–Kier alpha value is -1.07. The number of rotatable bonds is 6. The first-order chi connectivity index (χ1) is 8.84. The minimum Gasteiger partial charge on any atom is -0.399 e. The van der Waals surface area contributed by atoms with Crippen molar-refractivity contribution in [2.24, 2.45) is 0 Å². The highest BCUT2D eigenvalue weighted by atomic mass is 32.2. The molecule has 0 fully saturated rings. The number of nitrogen functional groups attached to an aromatic ring is 1. The lowest BCUT2D eigenvalue weighted by Gasteiger charge is -2.22. The van der Waals surface area contributed by atoms with Crippen molar-refractivity contribution in [1.29, 1.82) is 0 Å². The molecular formula is C14H24N2O2S. The number of anilines is 1. The molecule has 0 heterocycles. The molecule has 1 aromatic carbocycles. The number of aryl methyl sites for hydroxylation is 2. The van der Waals surface area contributed by atoms with Crippen LogP contribution >= 0.6 is 0 Å². The van der Waals surface area contributed by atoms with E-state index in [0.717, 1.165) is 12.8 Å². The van der Waals surface area contributed by atoms with Gasteiger partial charge < -0.3 is 5.73 Å². The van der Waals surface area contributed by atoms with Crippen LogP contribution in [0, 0.1) is 13.8 Å². The van der Waals surface area contributed by atoms with E-state index in [1.54, 1.807) is 30.3 Å². The quantitative estimate of drug-likeness (QED) is 0.817. The van der Waals surface area contributed by atoms with Gasteiger partial charge in [-0.15, -0.1) is 0 Å². The van der Waals surface area contributed by atoms with Crippen molar-refractivity contribution in [2.75, 3.05) is 18.8 Å². The van der Waals surface area contributed by atoms with Crippen molar-refractivity contribution in [3.63, 3.8) is 0 Å². The predicted molar refractivity (Wildman–Crippen MR) is 79.7 cm³/mol. The molecule has 0 radical (unpaired) electrons. The lowest BCUT2D eigenvalue weighted by atomic mass is 10.1. The van der Waals surface area contributed by atoms with E-state index in [1.807, 2.05) is 6.92 Å². The fourth-order valence-electron chi connectivity index (χ4n) is 2.30. The van der Waals surface area contributed by atoms with Gasteiger partial charge in [0.15, 0.2) is 0 Å². The molecule has 1 aromatic rings. The molecule has 4 nitrogen and oxygen atoms in total. The molecular weight excluding hydrogens is 260 g/mol. The third kappa shape index (κ3) is 3.48. The first kappa shape index (κ1) is 16.0. The lowest BCUT2D eigenvalue weighted by molar-refractivity contribution is 0.418. The molecule has 0 bridgehead atoms. The molecule has 0 amide bonds. The van der Waals surface area contributed by atoms with Crippen LogP contribution in [0.5, 0.6) is 0 Å². The van der Waals surface area contributed by atoms with Crippen LogP contribution < -0.4 is 5.73 Å². The van der Waals surface area contributed by atoms with Crippen LogP contribution in [0.15, 0.2) is 17.0 Å². The lowest BCUT2D eigenvalue weighted by Crippen LogP contribution is -2.32. The maximum absolute atomic E-state index is 12.7. The first-order valence-corrected chi connectivity index (χ1v) is 8.15. The van der Waals surface area contributed by atoms with Gasteiger partial charge >= 0.3 is 0 Å². The van der Waals surface area contributed by atoms with E-state index in [1.165, 1.54) is 0 Å².